The first-order valence-electron chi connectivity index (χ1n) is 3.14. The lowest BCUT2D eigenvalue weighted by molar-refractivity contribution is 0.453. The smallest absolute Gasteiger partial charge is 0.192 e. The molecule has 0 fully saturated rings. The van der Waals surface area contributed by atoms with Gasteiger partial charge in [0.05, 0.1) is 0 Å². The maximum Gasteiger partial charge on any atom is 0.192 e. The molecule has 7 heteroatoms. The molecule has 1 aromatic carbocycles. The van der Waals surface area contributed by atoms with Crippen molar-refractivity contribution in [1.29, 1.82) is 5.26 Å². The van der Waals surface area contributed by atoms with Crippen LogP contribution in [0.3, 0.4) is 0 Å². The SMILES string of the molecule is N#Cc1c(F)c(F)c(N=O)c(F)c1F. The number of halogens is 4. The van der Waals surface area contributed by atoms with Gasteiger partial charge in [0.2, 0.25) is 0 Å². The summed E-state index contributed by atoms with van der Waals surface area (Å²) in [4.78, 5) is 9.81. The minimum atomic E-state index is -1.98. The molecule has 14 heavy (non-hydrogen) atoms. The molecular formula is C7F4N2O. The molecule has 1 rings (SSSR count). The van der Waals surface area contributed by atoms with Crippen LogP contribution in [0.15, 0.2) is 5.18 Å². The predicted octanol–water partition coefficient (Wildman–Crippen LogP) is 2.51. The van der Waals surface area contributed by atoms with Gasteiger partial charge in [0.25, 0.3) is 0 Å². The number of nitriles is 1. The van der Waals surface area contributed by atoms with E-state index in [0.29, 0.717) is 0 Å². The van der Waals surface area contributed by atoms with Gasteiger partial charge in [-0.2, -0.15) is 5.26 Å². The molecule has 0 unspecified atom stereocenters. The Morgan fingerprint density at radius 2 is 1.43 bits per heavy atom. The van der Waals surface area contributed by atoms with Gasteiger partial charge in [-0.05, 0) is 5.18 Å². The number of hydrogen-bond acceptors (Lipinski definition) is 3. The van der Waals surface area contributed by atoms with Gasteiger partial charge in [0.15, 0.2) is 29.0 Å². The largest absolute Gasteiger partial charge is 0.202 e. The van der Waals surface area contributed by atoms with Gasteiger partial charge in [-0.15, -0.1) is 4.91 Å². The van der Waals surface area contributed by atoms with Gasteiger partial charge in [0, 0.05) is 0 Å². The minimum Gasteiger partial charge on any atom is -0.202 e. The summed E-state index contributed by atoms with van der Waals surface area (Å²) in [7, 11) is 0. The van der Waals surface area contributed by atoms with Crippen molar-refractivity contribution in [2.75, 3.05) is 0 Å². The lowest BCUT2D eigenvalue weighted by Gasteiger charge is -2.01. The van der Waals surface area contributed by atoms with Gasteiger partial charge in [-0.25, -0.2) is 17.6 Å². The zero-order valence-electron chi connectivity index (χ0n) is 6.31. The van der Waals surface area contributed by atoms with E-state index in [-0.39, 0.29) is 0 Å². The van der Waals surface area contributed by atoms with Crippen LogP contribution in [-0.2, 0) is 0 Å². The van der Waals surface area contributed by atoms with Gasteiger partial charge < -0.3 is 0 Å². The molecule has 0 saturated heterocycles. The van der Waals surface area contributed by atoms with Gasteiger partial charge in [-0.3, -0.25) is 0 Å². The standard InChI is InChI=1S/C7F4N2O/c8-3-2(1-12)4(9)6(11)7(13-14)5(3)10. The summed E-state index contributed by atoms with van der Waals surface area (Å²) in [6.45, 7) is 0. The predicted molar refractivity (Wildman–Crippen MR) is 36.4 cm³/mol. The summed E-state index contributed by atoms with van der Waals surface area (Å²) in [5, 5.41) is 9.92. The van der Waals surface area contributed by atoms with E-state index in [1.165, 1.54) is 0 Å². The lowest BCUT2D eigenvalue weighted by Crippen LogP contribution is -2.00. The summed E-state index contributed by atoms with van der Waals surface area (Å²) in [6, 6.07) is 0.923. The minimum absolute atomic E-state index is 0.923. The molecule has 3 nitrogen and oxygen atoms in total. The fourth-order valence-electron chi connectivity index (χ4n) is 0.798. The third-order valence-electron chi connectivity index (χ3n) is 1.44. The summed E-state index contributed by atoms with van der Waals surface area (Å²) in [5.41, 5.74) is -3.04. The zero-order valence-corrected chi connectivity index (χ0v) is 6.31. The van der Waals surface area contributed by atoms with Crippen LogP contribution in [0.1, 0.15) is 5.56 Å². The van der Waals surface area contributed by atoms with E-state index in [0.717, 1.165) is 6.07 Å². The lowest BCUT2D eigenvalue weighted by atomic mass is 10.1. The van der Waals surface area contributed by atoms with E-state index in [4.69, 9.17) is 5.26 Å². The molecule has 1 aromatic rings. The molecule has 0 amide bonds. The number of nitroso groups, excluding NO2 is 1. The Kier molecular flexibility index (Phi) is 2.47. The number of benzene rings is 1. The topological polar surface area (TPSA) is 53.2 Å². The Hall–Kier alpha value is -1.97. The highest BCUT2D eigenvalue weighted by Gasteiger charge is 2.25. The van der Waals surface area contributed by atoms with Crippen LogP contribution in [0.4, 0.5) is 23.2 Å². The summed E-state index contributed by atoms with van der Waals surface area (Å²) in [6.07, 6.45) is 0. The average Bonchev–Trinajstić information content (AvgIpc) is 2.17. The molecule has 0 atom stereocenters. The first-order valence-corrected chi connectivity index (χ1v) is 3.14. The highest BCUT2D eigenvalue weighted by Crippen LogP contribution is 2.29. The molecule has 0 heterocycles. The fraction of sp³-hybridized carbons (Fsp3) is 0. The highest BCUT2D eigenvalue weighted by molar-refractivity contribution is 5.47. The third kappa shape index (κ3) is 1.21. The van der Waals surface area contributed by atoms with E-state index in [1.54, 1.807) is 5.18 Å². The highest BCUT2D eigenvalue weighted by atomic mass is 19.2. The Labute approximate surface area is 74.5 Å². The number of hydrogen-bond donors (Lipinski definition) is 0. The van der Waals surface area contributed by atoms with Crippen LogP contribution in [0.25, 0.3) is 0 Å². The quantitative estimate of drug-likeness (QED) is 0.401. The first kappa shape index (κ1) is 10.1. The van der Waals surface area contributed by atoms with Crippen molar-refractivity contribution >= 4 is 5.69 Å². The molecule has 0 radical (unpaired) electrons. The summed E-state index contributed by atoms with van der Waals surface area (Å²) >= 11 is 0. The van der Waals surface area contributed by atoms with Crippen molar-refractivity contribution in [1.82, 2.24) is 0 Å². The second-order valence-corrected chi connectivity index (χ2v) is 2.18. The molecule has 0 bridgehead atoms. The monoisotopic (exact) mass is 204 g/mol. The summed E-state index contributed by atoms with van der Waals surface area (Å²) in [5.74, 6) is -7.81. The molecule has 72 valence electrons. The molecule has 0 saturated carbocycles. The zero-order chi connectivity index (χ0) is 10.9. The van der Waals surface area contributed by atoms with E-state index in [2.05, 4.69) is 0 Å². The van der Waals surface area contributed by atoms with Crippen molar-refractivity contribution in [2.45, 2.75) is 0 Å². The number of rotatable bonds is 1. The maximum absolute atomic E-state index is 12.7. The van der Waals surface area contributed by atoms with Gasteiger partial charge in [-0.1, -0.05) is 0 Å². The first-order chi connectivity index (χ1) is 6.54. The van der Waals surface area contributed by atoms with Crippen molar-refractivity contribution in [3.05, 3.63) is 33.7 Å². The Balaban J connectivity index is 3.74. The van der Waals surface area contributed by atoms with Gasteiger partial charge in [0.1, 0.15) is 11.6 Å². The van der Waals surface area contributed by atoms with E-state index >= 15 is 0 Å². The second-order valence-electron chi connectivity index (χ2n) is 2.18. The molecule has 0 aromatic heterocycles. The van der Waals surface area contributed by atoms with Crippen LogP contribution in [0.2, 0.25) is 0 Å². The van der Waals surface area contributed by atoms with Crippen LogP contribution < -0.4 is 0 Å². The van der Waals surface area contributed by atoms with Crippen molar-refractivity contribution < 1.29 is 17.6 Å². The molecule has 0 aliphatic carbocycles. The Morgan fingerprint density at radius 1 is 1.00 bits per heavy atom. The van der Waals surface area contributed by atoms with Gasteiger partial charge >= 0.3 is 0 Å². The van der Waals surface area contributed by atoms with Crippen LogP contribution in [-0.4, -0.2) is 0 Å². The van der Waals surface area contributed by atoms with Crippen molar-refractivity contribution in [3.8, 4) is 6.07 Å². The number of nitrogens with zero attached hydrogens (tertiary/aromatic N) is 2. The van der Waals surface area contributed by atoms with Crippen molar-refractivity contribution in [2.24, 2.45) is 5.18 Å². The summed E-state index contributed by atoms with van der Waals surface area (Å²) < 4.78 is 50.7. The molecule has 0 aliphatic heterocycles. The third-order valence-corrected chi connectivity index (χ3v) is 1.44. The van der Waals surface area contributed by atoms with E-state index in [1.807, 2.05) is 0 Å². The normalized spacial score (nSPS) is 9.64. The van der Waals surface area contributed by atoms with Crippen LogP contribution >= 0.6 is 0 Å². The maximum atomic E-state index is 12.7. The Bertz CT molecular complexity index is 423. The van der Waals surface area contributed by atoms with E-state index < -0.39 is 34.5 Å². The van der Waals surface area contributed by atoms with E-state index in [9.17, 15) is 22.5 Å². The van der Waals surface area contributed by atoms with Crippen LogP contribution in [0.5, 0.6) is 0 Å². The van der Waals surface area contributed by atoms with Crippen molar-refractivity contribution in [3.63, 3.8) is 0 Å². The fourth-order valence-corrected chi connectivity index (χ4v) is 0.798. The second kappa shape index (κ2) is 3.41. The van der Waals surface area contributed by atoms with Crippen LogP contribution in [0, 0.1) is 39.5 Å². The Morgan fingerprint density at radius 3 is 1.71 bits per heavy atom. The average molecular weight is 204 g/mol. The molecule has 0 aliphatic rings. The molecule has 0 N–H and O–H groups in total. The molecule has 0 spiro atoms. The molecular weight excluding hydrogens is 204 g/mol.